The van der Waals surface area contributed by atoms with Gasteiger partial charge in [-0.05, 0) is 18.4 Å². The standard InChI is InChI=1S/C16H20N2O2/c19-15-11-18(10-12-6-2-1-3-7-12)16(20)13-8-4-5-9-14(13)17-15/h1-3,6-7,13-14H,4-5,8-11H2,(H,17,19)/t13-,14-/m0/s1. The second-order valence-electron chi connectivity index (χ2n) is 5.74. The number of fused-ring (bicyclic) bond motifs is 1. The van der Waals surface area contributed by atoms with Gasteiger partial charge in [0.2, 0.25) is 11.8 Å². The molecule has 2 fully saturated rings. The molecule has 4 nitrogen and oxygen atoms in total. The van der Waals surface area contributed by atoms with E-state index in [1.807, 2.05) is 30.3 Å². The second kappa shape index (κ2) is 5.65. The van der Waals surface area contributed by atoms with E-state index in [1.165, 1.54) is 0 Å². The molecule has 0 aromatic heterocycles. The largest absolute Gasteiger partial charge is 0.351 e. The number of hydrogen-bond acceptors (Lipinski definition) is 2. The van der Waals surface area contributed by atoms with Crippen molar-refractivity contribution in [3.63, 3.8) is 0 Å². The van der Waals surface area contributed by atoms with Gasteiger partial charge in [-0.2, -0.15) is 0 Å². The Kier molecular flexibility index (Phi) is 3.72. The average Bonchev–Trinajstić information content (AvgIpc) is 2.58. The van der Waals surface area contributed by atoms with Crippen molar-refractivity contribution in [3.05, 3.63) is 35.9 Å². The topological polar surface area (TPSA) is 49.4 Å². The van der Waals surface area contributed by atoms with E-state index in [9.17, 15) is 9.59 Å². The van der Waals surface area contributed by atoms with E-state index in [0.29, 0.717) is 6.54 Å². The zero-order chi connectivity index (χ0) is 13.9. The number of carbonyl (C=O) groups excluding carboxylic acids is 2. The summed E-state index contributed by atoms with van der Waals surface area (Å²) in [7, 11) is 0. The molecule has 0 unspecified atom stereocenters. The predicted molar refractivity (Wildman–Crippen MR) is 75.7 cm³/mol. The lowest BCUT2D eigenvalue weighted by Gasteiger charge is -2.30. The molecule has 3 rings (SSSR count). The van der Waals surface area contributed by atoms with Crippen LogP contribution in [-0.4, -0.2) is 29.3 Å². The highest BCUT2D eigenvalue weighted by atomic mass is 16.2. The molecule has 1 saturated heterocycles. The summed E-state index contributed by atoms with van der Waals surface area (Å²) in [5, 5.41) is 3.03. The second-order valence-corrected chi connectivity index (χ2v) is 5.74. The van der Waals surface area contributed by atoms with Gasteiger partial charge in [0.1, 0.15) is 0 Å². The van der Waals surface area contributed by atoms with Crippen LogP contribution in [-0.2, 0) is 16.1 Å². The molecule has 2 aliphatic rings. The van der Waals surface area contributed by atoms with Crippen LogP contribution >= 0.6 is 0 Å². The van der Waals surface area contributed by atoms with Crippen molar-refractivity contribution < 1.29 is 9.59 Å². The summed E-state index contributed by atoms with van der Waals surface area (Å²) in [4.78, 5) is 26.4. The third-order valence-electron chi connectivity index (χ3n) is 4.29. The lowest BCUT2D eigenvalue weighted by molar-refractivity contribution is -0.138. The third kappa shape index (κ3) is 2.69. The first kappa shape index (κ1) is 13.2. The van der Waals surface area contributed by atoms with Crippen molar-refractivity contribution in [2.75, 3.05) is 6.54 Å². The van der Waals surface area contributed by atoms with Crippen molar-refractivity contribution in [1.82, 2.24) is 10.2 Å². The molecule has 1 aliphatic heterocycles. The summed E-state index contributed by atoms with van der Waals surface area (Å²) in [6.45, 7) is 0.705. The van der Waals surface area contributed by atoms with Gasteiger partial charge >= 0.3 is 0 Å². The maximum Gasteiger partial charge on any atom is 0.239 e. The Morgan fingerprint density at radius 3 is 2.65 bits per heavy atom. The van der Waals surface area contributed by atoms with Crippen molar-refractivity contribution in [3.8, 4) is 0 Å². The first-order valence-corrected chi connectivity index (χ1v) is 7.36. The van der Waals surface area contributed by atoms with Gasteiger partial charge in [-0.25, -0.2) is 0 Å². The summed E-state index contributed by atoms with van der Waals surface area (Å²) in [6, 6.07) is 9.91. The quantitative estimate of drug-likeness (QED) is 0.891. The number of nitrogens with zero attached hydrogens (tertiary/aromatic N) is 1. The van der Waals surface area contributed by atoms with Crippen LogP contribution in [0.4, 0.5) is 0 Å². The number of hydrogen-bond donors (Lipinski definition) is 1. The maximum absolute atomic E-state index is 12.7. The molecular weight excluding hydrogens is 252 g/mol. The maximum atomic E-state index is 12.7. The number of amides is 2. The molecule has 1 saturated carbocycles. The Morgan fingerprint density at radius 2 is 1.85 bits per heavy atom. The van der Waals surface area contributed by atoms with E-state index < -0.39 is 0 Å². The molecular formula is C16H20N2O2. The highest BCUT2D eigenvalue weighted by molar-refractivity contribution is 5.89. The highest BCUT2D eigenvalue weighted by Crippen LogP contribution is 2.28. The highest BCUT2D eigenvalue weighted by Gasteiger charge is 2.38. The van der Waals surface area contributed by atoms with Gasteiger partial charge in [-0.15, -0.1) is 0 Å². The summed E-state index contributed by atoms with van der Waals surface area (Å²) in [5.74, 6) is 0.0829. The van der Waals surface area contributed by atoms with Gasteiger partial charge in [0, 0.05) is 12.6 Å². The minimum Gasteiger partial charge on any atom is -0.351 e. The summed E-state index contributed by atoms with van der Waals surface area (Å²) >= 11 is 0. The van der Waals surface area contributed by atoms with Crippen LogP contribution in [0.25, 0.3) is 0 Å². The van der Waals surface area contributed by atoms with E-state index in [2.05, 4.69) is 5.32 Å². The minimum atomic E-state index is -0.0288. The zero-order valence-electron chi connectivity index (χ0n) is 11.5. The normalized spacial score (nSPS) is 26.7. The van der Waals surface area contributed by atoms with Crippen molar-refractivity contribution in [2.24, 2.45) is 5.92 Å². The molecule has 106 valence electrons. The Hall–Kier alpha value is -1.84. The Labute approximate surface area is 119 Å². The monoisotopic (exact) mass is 272 g/mol. The number of carbonyl (C=O) groups is 2. The van der Waals surface area contributed by atoms with E-state index in [4.69, 9.17) is 0 Å². The molecule has 0 radical (unpaired) electrons. The first-order chi connectivity index (χ1) is 9.74. The summed E-state index contributed by atoms with van der Waals surface area (Å²) < 4.78 is 0. The lowest BCUT2D eigenvalue weighted by atomic mass is 9.84. The smallest absolute Gasteiger partial charge is 0.239 e. The van der Waals surface area contributed by atoms with E-state index in [-0.39, 0.29) is 30.3 Å². The fraction of sp³-hybridized carbons (Fsp3) is 0.500. The van der Waals surface area contributed by atoms with Crippen LogP contribution in [0, 0.1) is 5.92 Å². The fourth-order valence-corrected chi connectivity index (χ4v) is 3.28. The molecule has 1 heterocycles. The molecule has 0 spiro atoms. The number of nitrogens with one attached hydrogen (secondary N) is 1. The van der Waals surface area contributed by atoms with Crippen LogP contribution in [0.1, 0.15) is 31.2 Å². The molecule has 1 aromatic carbocycles. The van der Waals surface area contributed by atoms with Gasteiger partial charge in [0.05, 0.1) is 12.5 Å². The number of benzene rings is 1. The molecule has 4 heteroatoms. The molecule has 1 aliphatic carbocycles. The Morgan fingerprint density at radius 1 is 1.10 bits per heavy atom. The van der Waals surface area contributed by atoms with Crippen LogP contribution < -0.4 is 5.32 Å². The van der Waals surface area contributed by atoms with Crippen LogP contribution in [0.2, 0.25) is 0 Å². The van der Waals surface area contributed by atoms with Crippen LogP contribution in [0.3, 0.4) is 0 Å². The fourth-order valence-electron chi connectivity index (χ4n) is 3.28. The predicted octanol–water partition coefficient (Wildman–Crippen LogP) is 1.70. The van der Waals surface area contributed by atoms with Crippen molar-refractivity contribution in [2.45, 2.75) is 38.3 Å². The molecule has 20 heavy (non-hydrogen) atoms. The lowest BCUT2D eigenvalue weighted by Crippen LogP contribution is -2.43. The summed E-state index contributed by atoms with van der Waals surface area (Å²) in [5.41, 5.74) is 1.07. The van der Waals surface area contributed by atoms with Crippen LogP contribution in [0.5, 0.6) is 0 Å². The average molecular weight is 272 g/mol. The molecule has 2 amide bonds. The van der Waals surface area contributed by atoms with Gasteiger partial charge in [0.25, 0.3) is 0 Å². The van der Waals surface area contributed by atoms with E-state index in [0.717, 1.165) is 31.2 Å². The minimum absolute atomic E-state index is 0.0244. The van der Waals surface area contributed by atoms with Crippen LogP contribution in [0.15, 0.2) is 30.3 Å². The van der Waals surface area contributed by atoms with Gasteiger partial charge in [-0.1, -0.05) is 43.2 Å². The Bertz CT molecular complexity index is 500. The van der Waals surface area contributed by atoms with Gasteiger partial charge in [0.15, 0.2) is 0 Å². The molecule has 1 N–H and O–H groups in total. The molecule has 1 aromatic rings. The third-order valence-corrected chi connectivity index (χ3v) is 4.29. The van der Waals surface area contributed by atoms with Crippen molar-refractivity contribution >= 4 is 11.8 Å². The first-order valence-electron chi connectivity index (χ1n) is 7.36. The molecule has 2 atom stereocenters. The van der Waals surface area contributed by atoms with Gasteiger partial charge < -0.3 is 10.2 Å². The van der Waals surface area contributed by atoms with Gasteiger partial charge in [-0.3, -0.25) is 9.59 Å². The van der Waals surface area contributed by atoms with Crippen molar-refractivity contribution in [1.29, 1.82) is 0 Å². The molecule has 0 bridgehead atoms. The zero-order valence-corrected chi connectivity index (χ0v) is 11.5. The SMILES string of the molecule is O=C1CN(Cc2ccccc2)C(=O)[C@H]2CCCC[C@@H]2N1. The van der Waals surface area contributed by atoms with E-state index >= 15 is 0 Å². The number of rotatable bonds is 2. The summed E-state index contributed by atoms with van der Waals surface area (Å²) in [6.07, 6.45) is 4.02. The van der Waals surface area contributed by atoms with E-state index in [1.54, 1.807) is 4.90 Å². The Balaban J connectivity index is 1.79.